The van der Waals surface area contributed by atoms with Crippen molar-refractivity contribution in [2.75, 3.05) is 30.8 Å². The number of nitrogens with two attached hydrogens (primary N) is 1. The molecule has 38 heavy (non-hydrogen) atoms. The van der Waals surface area contributed by atoms with E-state index in [1.807, 2.05) is 4.90 Å². The van der Waals surface area contributed by atoms with Crippen LogP contribution in [-0.2, 0) is 22.7 Å². The van der Waals surface area contributed by atoms with E-state index >= 15 is 8.78 Å². The molecule has 4 aromatic rings. The first kappa shape index (κ1) is 24.9. The number of halogens is 2. The lowest BCUT2D eigenvalue weighted by molar-refractivity contribution is 0.0946. The van der Waals surface area contributed by atoms with Gasteiger partial charge in [0.05, 0.1) is 30.9 Å². The fourth-order valence-corrected chi connectivity index (χ4v) is 6.55. The smallest absolute Gasteiger partial charge is 0.226 e. The molecule has 2 atom stereocenters. The van der Waals surface area contributed by atoms with Gasteiger partial charge in [-0.05, 0) is 23.3 Å². The van der Waals surface area contributed by atoms with E-state index in [1.165, 1.54) is 17.4 Å². The standard InChI is InChI=1S/C27H26F2N6O2S/c1-12(2)33-18-8-35(9-19(18)36-3)27-32-7-14-15-10-37-11-16(15)22(24(29)25(14)34-27)23-17(28)4-5-20-21(23)13(6-30)26(31)38-20/h4-5,7,12,18-19,33H,8-11,31H2,1-3H3/t18-,19+/m1/s1. The second-order valence-corrected chi connectivity index (χ2v) is 11.0. The Balaban J connectivity index is 1.56. The van der Waals surface area contributed by atoms with Gasteiger partial charge in [-0.25, -0.2) is 18.7 Å². The Morgan fingerprint density at radius 2 is 2.03 bits per heavy atom. The van der Waals surface area contributed by atoms with Crippen LogP contribution in [0.25, 0.3) is 32.1 Å². The third-order valence-electron chi connectivity index (χ3n) is 7.28. The minimum absolute atomic E-state index is 0.00938. The minimum Gasteiger partial charge on any atom is -0.389 e. The zero-order chi connectivity index (χ0) is 26.7. The lowest BCUT2D eigenvalue weighted by atomic mass is 9.90. The number of nitriles is 1. The van der Waals surface area contributed by atoms with Crippen LogP contribution < -0.4 is 16.0 Å². The molecule has 0 radical (unpaired) electrons. The van der Waals surface area contributed by atoms with Crippen molar-refractivity contribution in [3.63, 3.8) is 0 Å². The summed E-state index contributed by atoms with van der Waals surface area (Å²) in [5.74, 6) is -0.946. The number of thiophene rings is 1. The first-order chi connectivity index (χ1) is 18.3. The Morgan fingerprint density at radius 1 is 1.24 bits per heavy atom. The van der Waals surface area contributed by atoms with E-state index in [0.29, 0.717) is 40.1 Å². The highest BCUT2D eigenvalue weighted by Crippen LogP contribution is 2.46. The lowest BCUT2D eigenvalue weighted by Crippen LogP contribution is -2.43. The third-order valence-corrected chi connectivity index (χ3v) is 8.27. The average molecular weight is 537 g/mol. The summed E-state index contributed by atoms with van der Waals surface area (Å²) in [6.45, 7) is 5.62. The van der Waals surface area contributed by atoms with E-state index in [2.05, 4.69) is 35.2 Å². The predicted molar refractivity (Wildman–Crippen MR) is 143 cm³/mol. The van der Waals surface area contributed by atoms with Crippen molar-refractivity contribution in [1.82, 2.24) is 15.3 Å². The number of nitrogen functional groups attached to an aromatic ring is 1. The molecule has 0 saturated carbocycles. The van der Waals surface area contributed by atoms with Crippen LogP contribution in [0.15, 0.2) is 18.3 Å². The highest BCUT2D eigenvalue weighted by molar-refractivity contribution is 7.23. The van der Waals surface area contributed by atoms with Crippen LogP contribution in [-0.4, -0.2) is 48.4 Å². The first-order valence-corrected chi connectivity index (χ1v) is 13.2. The molecule has 1 saturated heterocycles. The Morgan fingerprint density at radius 3 is 2.76 bits per heavy atom. The Hall–Kier alpha value is -3.43. The van der Waals surface area contributed by atoms with Crippen LogP contribution in [0.2, 0.25) is 0 Å². The quantitative estimate of drug-likeness (QED) is 0.385. The van der Waals surface area contributed by atoms with E-state index in [0.717, 1.165) is 5.56 Å². The molecule has 2 aromatic carbocycles. The Labute approximate surface area is 222 Å². The normalized spacial score (nSPS) is 19.1. The highest BCUT2D eigenvalue weighted by Gasteiger charge is 2.35. The molecule has 196 valence electrons. The van der Waals surface area contributed by atoms with Crippen LogP contribution in [0.3, 0.4) is 0 Å². The fourth-order valence-electron chi connectivity index (χ4n) is 5.62. The molecule has 8 nitrogen and oxygen atoms in total. The van der Waals surface area contributed by atoms with Gasteiger partial charge >= 0.3 is 0 Å². The first-order valence-electron chi connectivity index (χ1n) is 12.3. The molecule has 11 heteroatoms. The van der Waals surface area contributed by atoms with Gasteiger partial charge in [0.2, 0.25) is 5.95 Å². The number of aromatic nitrogens is 2. The number of nitrogens with zero attached hydrogens (tertiary/aromatic N) is 4. The zero-order valence-corrected chi connectivity index (χ0v) is 22.0. The summed E-state index contributed by atoms with van der Waals surface area (Å²) in [7, 11) is 1.67. The largest absolute Gasteiger partial charge is 0.389 e. The minimum atomic E-state index is -0.674. The van der Waals surface area contributed by atoms with E-state index in [4.69, 9.17) is 15.2 Å². The summed E-state index contributed by atoms with van der Waals surface area (Å²) < 4.78 is 44.0. The SMILES string of the molecule is CO[C@H]1CN(c2ncc3c4c(c(-c5c(F)ccc6sc(N)c(C#N)c56)c(F)c3n2)COC4)C[C@H]1NC(C)C. The van der Waals surface area contributed by atoms with Gasteiger partial charge in [-0.2, -0.15) is 5.26 Å². The number of rotatable bonds is 5. The van der Waals surface area contributed by atoms with Crippen LogP contribution in [0.5, 0.6) is 0 Å². The van der Waals surface area contributed by atoms with Crippen molar-refractivity contribution in [3.05, 3.63) is 46.7 Å². The average Bonchev–Trinajstić information content (AvgIpc) is 3.61. The maximum absolute atomic E-state index is 16.5. The van der Waals surface area contributed by atoms with Crippen LogP contribution in [0, 0.1) is 23.0 Å². The predicted octanol–water partition coefficient (Wildman–Crippen LogP) is 4.48. The van der Waals surface area contributed by atoms with E-state index < -0.39 is 11.6 Å². The number of hydrogen-bond donors (Lipinski definition) is 2. The van der Waals surface area contributed by atoms with E-state index in [-0.39, 0.29) is 58.6 Å². The molecule has 0 spiro atoms. The molecule has 0 bridgehead atoms. The van der Waals surface area contributed by atoms with Crippen LogP contribution >= 0.6 is 11.3 Å². The molecule has 1 fully saturated rings. The van der Waals surface area contributed by atoms with Crippen molar-refractivity contribution >= 4 is 43.3 Å². The summed E-state index contributed by atoms with van der Waals surface area (Å²) in [6, 6.07) is 5.24. The molecular weight excluding hydrogens is 510 g/mol. The molecule has 2 aliphatic heterocycles. The van der Waals surface area contributed by atoms with Crippen molar-refractivity contribution < 1.29 is 18.3 Å². The lowest BCUT2D eigenvalue weighted by Gasteiger charge is -2.20. The maximum atomic E-state index is 16.5. The van der Waals surface area contributed by atoms with Crippen molar-refractivity contribution in [2.24, 2.45) is 0 Å². The van der Waals surface area contributed by atoms with Gasteiger partial charge in [0, 0.05) is 59.0 Å². The highest BCUT2D eigenvalue weighted by atomic mass is 32.1. The number of anilines is 2. The van der Waals surface area contributed by atoms with E-state index in [1.54, 1.807) is 19.4 Å². The third kappa shape index (κ3) is 3.79. The summed E-state index contributed by atoms with van der Waals surface area (Å²) in [5.41, 5.74) is 7.62. The number of nitrogens with one attached hydrogen (secondary N) is 1. The molecule has 6 rings (SSSR count). The van der Waals surface area contributed by atoms with Gasteiger partial charge in [0.1, 0.15) is 22.4 Å². The molecule has 0 unspecified atom stereocenters. The fraction of sp³-hybridized carbons (Fsp3) is 0.370. The van der Waals surface area contributed by atoms with Crippen LogP contribution in [0.1, 0.15) is 30.5 Å². The second kappa shape index (κ2) is 9.39. The maximum Gasteiger partial charge on any atom is 0.226 e. The zero-order valence-electron chi connectivity index (χ0n) is 21.1. The van der Waals surface area contributed by atoms with Crippen molar-refractivity contribution in [3.8, 4) is 17.2 Å². The van der Waals surface area contributed by atoms with Gasteiger partial charge in [0.15, 0.2) is 5.82 Å². The van der Waals surface area contributed by atoms with Crippen molar-refractivity contribution in [2.45, 2.75) is 45.2 Å². The number of ether oxygens (including phenoxy) is 2. The number of benzene rings is 2. The van der Waals surface area contributed by atoms with Gasteiger partial charge in [-0.15, -0.1) is 11.3 Å². The summed E-state index contributed by atoms with van der Waals surface area (Å²) in [5, 5.41) is 14.4. The molecule has 2 aromatic heterocycles. The second-order valence-electron chi connectivity index (χ2n) is 9.93. The van der Waals surface area contributed by atoms with Gasteiger partial charge in [-0.3, -0.25) is 0 Å². The molecular formula is C27H26F2N6O2S. The Bertz CT molecular complexity index is 1630. The van der Waals surface area contributed by atoms with Gasteiger partial charge in [0.25, 0.3) is 0 Å². The van der Waals surface area contributed by atoms with Gasteiger partial charge < -0.3 is 25.4 Å². The number of fused-ring (bicyclic) bond motifs is 4. The molecule has 2 aliphatic rings. The monoisotopic (exact) mass is 536 g/mol. The van der Waals surface area contributed by atoms with Crippen molar-refractivity contribution in [1.29, 1.82) is 5.26 Å². The van der Waals surface area contributed by atoms with Gasteiger partial charge in [-0.1, -0.05) is 13.8 Å². The van der Waals surface area contributed by atoms with E-state index in [9.17, 15) is 5.26 Å². The topological polar surface area (TPSA) is 109 Å². The Kier molecular flexibility index (Phi) is 6.15. The molecule has 4 heterocycles. The summed E-state index contributed by atoms with van der Waals surface area (Å²) in [6.07, 6.45) is 1.54. The number of methoxy groups -OCH3 is 1. The molecule has 3 N–H and O–H groups in total. The molecule has 0 aliphatic carbocycles. The summed E-state index contributed by atoms with van der Waals surface area (Å²) in [4.78, 5) is 11.2. The number of hydrogen-bond acceptors (Lipinski definition) is 9. The van der Waals surface area contributed by atoms with Crippen LogP contribution in [0.4, 0.5) is 19.7 Å². The molecule has 0 amide bonds. The summed E-state index contributed by atoms with van der Waals surface area (Å²) >= 11 is 1.17.